The average Bonchev–Trinajstić information content (AvgIpc) is 3.35. The topological polar surface area (TPSA) is 63.8 Å². The fourth-order valence-electron chi connectivity index (χ4n) is 2.35. The van der Waals surface area contributed by atoms with E-state index in [0.717, 1.165) is 33.3 Å². The van der Waals surface area contributed by atoms with Gasteiger partial charge in [0, 0.05) is 23.3 Å². The molecular formula is C17H14N4OS2. The number of rotatable bonds is 5. The zero-order valence-corrected chi connectivity index (χ0v) is 14.5. The molecule has 0 aliphatic rings. The van der Waals surface area contributed by atoms with E-state index in [1.165, 1.54) is 0 Å². The molecule has 120 valence electrons. The van der Waals surface area contributed by atoms with E-state index in [1.807, 2.05) is 36.0 Å². The van der Waals surface area contributed by atoms with E-state index in [2.05, 4.69) is 31.7 Å². The number of hydrogen-bond acceptors (Lipinski definition) is 7. The molecule has 0 saturated heterocycles. The molecule has 0 amide bonds. The number of aryl methyl sites for hydroxylation is 1. The molecule has 0 aromatic carbocycles. The molecule has 4 rings (SSSR count). The Morgan fingerprint density at radius 3 is 2.83 bits per heavy atom. The Labute approximate surface area is 147 Å². The van der Waals surface area contributed by atoms with Crippen molar-refractivity contribution < 1.29 is 4.42 Å². The fourth-order valence-corrected chi connectivity index (χ4v) is 3.64. The molecule has 4 aromatic heterocycles. The van der Waals surface area contributed by atoms with E-state index in [1.54, 1.807) is 28.9 Å². The Balaban J connectivity index is 1.66. The van der Waals surface area contributed by atoms with Gasteiger partial charge in [0.2, 0.25) is 5.95 Å². The predicted octanol–water partition coefficient (Wildman–Crippen LogP) is 4.84. The van der Waals surface area contributed by atoms with Crippen LogP contribution < -0.4 is 5.32 Å². The van der Waals surface area contributed by atoms with E-state index >= 15 is 0 Å². The molecule has 24 heavy (non-hydrogen) atoms. The van der Waals surface area contributed by atoms with Crippen LogP contribution in [0.3, 0.4) is 0 Å². The van der Waals surface area contributed by atoms with Gasteiger partial charge >= 0.3 is 0 Å². The van der Waals surface area contributed by atoms with Crippen molar-refractivity contribution in [1.29, 1.82) is 0 Å². The summed E-state index contributed by atoms with van der Waals surface area (Å²) in [4.78, 5) is 13.5. The van der Waals surface area contributed by atoms with Gasteiger partial charge in [-0.25, -0.2) is 15.0 Å². The number of nitrogens with zero attached hydrogens (tertiary/aromatic N) is 3. The van der Waals surface area contributed by atoms with Gasteiger partial charge in [0.25, 0.3) is 0 Å². The summed E-state index contributed by atoms with van der Waals surface area (Å²) in [7, 11) is 0. The van der Waals surface area contributed by atoms with Crippen LogP contribution in [0, 0.1) is 6.92 Å². The Bertz CT molecular complexity index is 930. The SMILES string of the molecule is Cc1ccc(CNc2ncc(-c3ccsc3)c(-c3nccs3)n2)o1. The highest BCUT2D eigenvalue weighted by Gasteiger charge is 2.14. The van der Waals surface area contributed by atoms with Crippen LogP contribution in [0.4, 0.5) is 5.95 Å². The number of anilines is 1. The minimum Gasteiger partial charge on any atom is -0.465 e. The van der Waals surface area contributed by atoms with Crippen LogP contribution in [-0.2, 0) is 6.54 Å². The summed E-state index contributed by atoms with van der Waals surface area (Å²) in [5, 5.41) is 10.2. The van der Waals surface area contributed by atoms with Crippen LogP contribution in [0.15, 0.2) is 51.2 Å². The average molecular weight is 354 g/mol. The minimum absolute atomic E-state index is 0.545. The molecule has 1 N–H and O–H groups in total. The van der Waals surface area contributed by atoms with Gasteiger partial charge < -0.3 is 9.73 Å². The maximum atomic E-state index is 5.56. The molecule has 0 aliphatic heterocycles. The van der Waals surface area contributed by atoms with E-state index in [9.17, 15) is 0 Å². The van der Waals surface area contributed by atoms with Crippen molar-refractivity contribution in [2.45, 2.75) is 13.5 Å². The van der Waals surface area contributed by atoms with Crippen molar-refractivity contribution >= 4 is 28.6 Å². The van der Waals surface area contributed by atoms with Crippen LogP contribution in [0.25, 0.3) is 21.8 Å². The summed E-state index contributed by atoms with van der Waals surface area (Å²) in [6.07, 6.45) is 3.64. The molecule has 0 bridgehead atoms. The van der Waals surface area contributed by atoms with Crippen molar-refractivity contribution in [1.82, 2.24) is 15.0 Å². The lowest BCUT2D eigenvalue weighted by Crippen LogP contribution is -2.04. The highest BCUT2D eigenvalue weighted by Crippen LogP contribution is 2.33. The lowest BCUT2D eigenvalue weighted by Gasteiger charge is -2.08. The fraction of sp³-hybridized carbons (Fsp3) is 0.118. The summed E-state index contributed by atoms with van der Waals surface area (Å²) in [6.45, 7) is 2.47. The van der Waals surface area contributed by atoms with Gasteiger partial charge in [-0.15, -0.1) is 11.3 Å². The van der Waals surface area contributed by atoms with E-state index in [0.29, 0.717) is 12.5 Å². The monoisotopic (exact) mass is 354 g/mol. The summed E-state index contributed by atoms with van der Waals surface area (Å²) in [5.41, 5.74) is 2.94. The third kappa shape index (κ3) is 3.08. The van der Waals surface area contributed by atoms with Crippen LogP contribution in [0.2, 0.25) is 0 Å². The molecule has 0 saturated carbocycles. The van der Waals surface area contributed by atoms with Gasteiger partial charge in [-0.1, -0.05) is 0 Å². The van der Waals surface area contributed by atoms with Gasteiger partial charge in [0.1, 0.15) is 22.2 Å². The Morgan fingerprint density at radius 1 is 1.17 bits per heavy atom. The van der Waals surface area contributed by atoms with Crippen molar-refractivity contribution in [2.75, 3.05) is 5.32 Å². The second kappa shape index (κ2) is 6.54. The number of aromatic nitrogens is 3. The Kier molecular flexibility index (Phi) is 4.10. The van der Waals surface area contributed by atoms with Crippen molar-refractivity contribution in [3.8, 4) is 21.8 Å². The van der Waals surface area contributed by atoms with Crippen LogP contribution >= 0.6 is 22.7 Å². The minimum atomic E-state index is 0.545. The molecular weight excluding hydrogens is 340 g/mol. The quantitative estimate of drug-likeness (QED) is 0.555. The molecule has 0 spiro atoms. The lowest BCUT2D eigenvalue weighted by molar-refractivity contribution is 0.490. The molecule has 0 aliphatic carbocycles. The van der Waals surface area contributed by atoms with Crippen molar-refractivity contribution in [2.24, 2.45) is 0 Å². The first kappa shape index (κ1) is 15.0. The number of thiazole rings is 1. The standard InChI is InChI=1S/C17H14N4OS2/c1-11-2-3-13(22-11)8-19-17-20-9-14(12-4-6-23-10-12)15(21-17)16-18-5-7-24-16/h2-7,9-10H,8H2,1H3,(H,19,20,21). The van der Waals surface area contributed by atoms with Crippen LogP contribution in [0.5, 0.6) is 0 Å². The molecule has 7 heteroatoms. The smallest absolute Gasteiger partial charge is 0.223 e. The second-order valence-electron chi connectivity index (χ2n) is 5.17. The number of furan rings is 1. The van der Waals surface area contributed by atoms with E-state index in [4.69, 9.17) is 4.42 Å². The number of hydrogen-bond donors (Lipinski definition) is 1. The molecule has 0 fully saturated rings. The number of thiophene rings is 1. The molecule has 0 unspecified atom stereocenters. The van der Waals surface area contributed by atoms with Gasteiger partial charge in [-0.3, -0.25) is 0 Å². The summed E-state index contributed by atoms with van der Waals surface area (Å²) in [5.74, 6) is 2.31. The summed E-state index contributed by atoms with van der Waals surface area (Å²) < 4.78 is 5.56. The highest BCUT2D eigenvalue weighted by atomic mass is 32.1. The molecule has 5 nitrogen and oxygen atoms in total. The summed E-state index contributed by atoms with van der Waals surface area (Å²) in [6, 6.07) is 5.96. The zero-order chi connectivity index (χ0) is 16.4. The summed E-state index contributed by atoms with van der Waals surface area (Å²) >= 11 is 3.22. The first-order valence-electron chi connectivity index (χ1n) is 7.38. The maximum absolute atomic E-state index is 5.56. The largest absolute Gasteiger partial charge is 0.465 e. The molecule has 4 heterocycles. The Hall–Kier alpha value is -2.51. The zero-order valence-electron chi connectivity index (χ0n) is 12.9. The lowest BCUT2D eigenvalue weighted by atomic mass is 10.1. The van der Waals surface area contributed by atoms with Gasteiger partial charge in [0.15, 0.2) is 0 Å². The molecule has 0 radical (unpaired) electrons. The van der Waals surface area contributed by atoms with Crippen molar-refractivity contribution in [3.63, 3.8) is 0 Å². The first-order valence-corrected chi connectivity index (χ1v) is 9.20. The van der Waals surface area contributed by atoms with Gasteiger partial charge in [-0.2, -0.15) is 11.3 Å². The van der Waals surface area contributed by atoms with Crippen LogP contribution in [0.1, 0.15) is 11.5 Å². The Morgan fingerprint density at radius 2 is 2.12 bits per heavy atom. The van der Waals surface area contributed by atoms with Gasteiger partial charge in [-0.05, 0) is 41.4 Å². The highest BCUT2D eigenvalue weighted by molar-refractivity contribution is 7.13. The molecule has 0 atom stereocenters. The second-order valence-corrected chi connectivity index (χ2v) is 6.85. The van der Waals surface area contributed by atoms with Crippen molar-refractivity contribution in [3.05, 3.63) is 58.3 Å². The van der Waals surface area contributed by atoms with E-state index < -0.39 is 0 Å². The molecule has 4 aromatic rings. The van der Waals surface area contributed by atoms with Gasteiger partial charge in [0.05, 0.1) is 6.54 Å². The van der Waals surface area contributed by atoms with Crippen LogP contribution in [-0.4, -0.2) is 15.0 Å². The van der Waals surface area contributed by atoms with E-state index in [-0.39, 0.29) is 0 Å². The number of nitrogens with one attached hydrogen (secondary N) is 1. The third-order valence-corrected chi connectivity index (χ3v) is 4.94. The first-order chi connectivity index (χ1) is 11.8. The predicted molar refractivity (Wildman–Crippen MR) is 97.2 cm³/mol. The maximum Gasteiger partial charge on any atom is 0.223 e. The normalized spacial score (nSPS) is 10.9. The third-order valence-electron chi connectivity index (χ3n) is 3.47.